The zero-order valence-corrected chi connectivity index (χ0v) is 27.1. The van der Waals surface area contributed by atoms with Crippen molar-refractivity contribution in [1.29, 1.82) is 0 Å². The predicted octanol–water partition coefficient (Wildman–Crippen LogP) is 4.92. The Kier molecular flexibility index (Phi) is 10.4. The molecular weight excluding hydrogens is 616 g/mol. The monoisotopic (exact) mass is 656 g/mol. The average Bonchev–Trinajstić information content (AvgIpc) is 3.56. The molecule has 2 atom stereocenters. The number of hydrogen-bond donors (Lipinski definition) is 5. The maximum Gasteiger partial charge on any atom is 0.316 e. The molecule has 2 heterocycles. The normalized spacial score (nSPS) is 16.0. The third-order valence-corrected chi connectivity index (χ3v) is 8.72. The number of benzene rings is 4. The van der Waals surface area contributed by atoms with Gasteiger partial charge in [-0.3, -0.25) is 9.59 Å². The van der Waals surface area contributed by atoms with Crippen molar-refractivity contribution in [3.8, 4) is 16.9 Å². The number of H-pyrrole nitrogens is 1. The maximum absolute atomic E-state index is 14.5. The summed E-state index contributed by atoms with van der Waals surface area (Å²) in [5.74, 6) is -0.462. The highest BCUT2D eigenvalue weighted by atomic mass is 16.3. The lowest BCUT2D eigenvalue weighted by molar-refractivity contribution is -0.156. The predicted molar refractivity (Wildman–Crippen MR) is 190 cm³/mol. The number of carbonyl (C=O) groups is 3. The third kappa shape index (κ3) is 7.82. The van der Waals surface area contributed by atoms with Crippen LogP contribution < -0.4 is 16.0 Å². The number of aromatic nitrogens is 1. The lowest BCUT2D eigenvalue weighted by atomic mass is 9.98. The Morgan fingerprint density at radius 3 is 2.39 bits per heavy atom. The van der Waals surface area contributed by atoms with Crippen molar-refractivity contribution in [3.63, 3.8) is 0 Å². The first-order valence-electron chi connectivity index (χ1n) is 16.3. The summed E-state index contributed by atoms with van der Waals surface area (Å²) in [6, 6.07) is 30.9. The van der Waals surface area contributed by atoms with Gasteiger partial charge in [0.15, 0.2) is 0 Å². The Labute approximate surface area is 285 Å². The van der Waals surface area contributed by atoms with Gasteiger partial charge in [0, 0.05) is 43.2 Å². The first-order chi connectivity index (χ1) is 23.9. The molecule has 250 valence electrons. The summed E-state index contributed by atoms with van der Waals surface area (Å²) in [6.07, 6.45) is 3.00. The van der Waals surface area contributed by atoms with E-state index in [2.05, 4.69) is 45.7 Å². The fourth-order valence-corrected chi connectivity index (χ4v) is 6.34. The van der Waals surface area contributed by atoms with E-state index in [4.69, 9.17) is 0 Å². The number of amides is 4. The van der Waals surface area contributed by atoms with Crippen molar-refractivity contribution in [1.82, 2.24) is 30.7 Å². The van der Waals surface area contributed by atoms with Gasteiger partial charge in [0.05, 0.1) is 18.6 Å². The summed E-state index contributed by atoms with van der Waals surface area (Å²) in [6.45, 7) is 4.72. The summed E-state index contributed by atoms with van der Waals surface area (Å²) in [5, 5.41) is 19.9. The second-order valence-electron chi connectivity index (χ2n) is 12.1. The standard InChI is InChI=1S/C39H40N6O4/c1-2-20-40-24-36(47)45-34(21-27-16-18-31(46)19-17-27)38(48)44(26-35(45)43-39(49)42-22-28-10-5-3-6-11-28)25-30-14-9-15-32-33(23-41-37(30)32)29-12-7-4-8-13-29/h2-19,23,34-35,40-41,46H,1,20-22,24-26H2,(H2,42,43,49)/t34-,35?/m0/s1. The molecule has 1 unspecified atom stereocenters. The van der Waals surface area contributed by atoms with E-state index in [0.29, 0.717) is 13.1 Å². The van der Waals surface area contributed by atoms with Crippen LogP contribution in [0, 0.1) is 0 Å². The SMILES string of the molecule is C=CCNCC(=O)N1C(NC(=O)NCc2ccccc2)CN(Cc2cccc3c(-c4ccccc4)c[nH]c23)C(=O)[C@@H]1Cc1ccc(O)cc1. The molecule has 4 aromatic carbocycles. The molecule has 5 aromatic rings. The van der Waals surface area contributed by atoms with E-state index in [1.807, 2.05) is 66.9 Å². The van der Waals surface area contributed by atoms with Crippen LogP contribution in [0.25, 0.3) is 22.0 Å². The number of phenolic OH excluding ortho intramolecular Hbond substituents is 1. The van der Waals surface area contributed by atoms with Crippen LogP contribution in [0.1, 0.15) is 16.7 Å². The van der Waals surface area contributed by atoms with Crippen LogP contribution in [-0.2, 0) is 29.1 Å². The van der Waals surface area contributed by atoms with Gasteiger partial charge in [0.2, 0.25) is 11.8 Å². The minimum atomic E-state index is -0.918. The summed E-state index contributed by atoms with van der Waals surface area (Å²) in [7, 11) is 0. The molecular formula is C39H40N6O4. The van der Waals surface area contributed by atoms with E-state index in [9.17, 15) is 19.5 Å². The molecule has 0 saturated carbocycles. The van der Waals surface area contributed by atoms with Crippen molar-refractivity contribution < 1.29 is 19.5 Å². The zero-order chi connectivity index (χ0) is 34.2. The van der Waals surface area contributed by atoms with Gasteiger partial charge in [0.1, 0.15) is 18.0 Å². The molecule has 1 saturated heterocycles. The van der Waals surface area contributed by atoms with Crippen molar-refractivity contribution >= 4 is 28.7 Å². The summed E-state index contributed by atoms with van der Waals surface area (Å²) >= 11 is 0. The maximum atomic E-state index is 14.5. The van der Waals surface area contributed by atoms with Gasteiger partial charge in [-0.2, -0.15) is 0 Å². The molecule has 6 rings (SSSR count). The van der Waals surface area contributed by atoms with E-state index in [1.54, 1.807) is 35.2 Å². The Bertz CT molecular complexity index is 1910. The summed E-state index contributed by atoms with van der Waals surface area (Å²) < 4.78 is 0. The molecule has 10 heteroatoms. The minimum absolute atomic E-state index is 0.0424. The van der Waals surface area contributed by atoms with Gasteiger partial charge >= 0.3 is 6.03 Å². The Morgan fingerprint density at radius 1 is 0.918 bits per heavy atom. The number of nitrogens with zero attached hydrogens (tertiary/aromatic N) is 2. The molecule has 49 heavy (non-hydrogen) atoms. The quantitative estimate of drug-likeness (QED) is 0.0962. The van der Waals surface area contributed by atoms with Crippen molar-refractivity contribution in [2.24, 2.45) is 0 Å². The van der Waals surface area contributed by atoms with Crippen LogP contribution in [-0.4, -0.2) is 69.6 Å². The number of hydrogen-bond acceptors (Lipinski definition) is 5. The first kappa shape index (κ1) is 33.0. The molecule has 0 bridgehead atoms. The zero-order valence-electron chi connectivity index (χ0n) is 27.1. The average molecular weight is 657 g/mol. The number of urea groups is 1. The minimum Gasteiger partial charge on any atom is -0.508 e. The van der Waals surface area contributed by atoms with Gasteiger partial charge in [-0.25, -0.2) is 4.79 Å². The smallest absolute Gasteiger partial charge is 0.316 e. The Hall–Kier alpha value is -5.87. The van der Waals surface area contributed by atoms with E-state index in [1.165, 1.54) is 4.90 Å². The number of aromatic hydroxyl groups is 1. The lowest BCUT2D eigenvalue weighted by Crippen LogP contribution is -2.69. The largest absolute Gasteiger partial charge is 0.508 e. The molecule has 0 aliphatic carbocycles. The number of fused-ring (bicyclic) bond motifs is 1. The molecule has 4 amide bonds. The van der Waals surface area contributed by atoms with Gasteiger partial charge in [-0.05, 0) is 34.4 Å². The van der Waals surface area contributed by atoms with Crippen molar-refractivity contribution in [2.45, 2.75) is 31.7 Å². The molecule has 0 radical (unpaired) electrons. The number of phenols is 1. The van der Waals surface area contributed by atoms with E-state index in [-0.39, 0.29) is 43.6 Å². The fourth-order valence-electron chi connectivity index (χ4n) is 6.34. The van der Waals surface area contributed by atoms with Crippen LogP contribution in [0.4, 0.5) is 4.79 Å². The van der Waals surface area contributed by atoms with Crippen LogP contribution in [0.5, 0.6) is 5.75 Å². The number of para-hydroxylation sites is 1. The molecule has 1 aliphatic rings. The number of aromatic amines is 1. The van der Waals surface area contributed by atoms with Crippen LogP contribution in [0.15, 0.2) is 122 Å². The highest BCUT2D eigenvalue weighted by molar-refractivity contribution is 5.97. The Morgan fingerprint density at radius 2 is 1.65 bits per heavy atom. The van der Waals surface area contributed by atoms with E-state index in [0.717, 1.165) is 38.7 Å². The lowest BCUT2D eigenvalue weighted by Gasteiger charge is -2.46. The topological polar surface area (TPSA) is 130 Å². The highest BCUT2D eigenvalue weighted by Crippen LogP contribution is 2.31. The molecule has 1 aromatic heterocycles. The highest BCUT2D eigenvalue weighted by Gasteiger charge is 2.43. The number of piperazine rings is 1. The fraction of sp³-hybridized carbons (Fsp3) is 0.205. The van der Waals surface area contributed by atoms with Gasteiger partial charge in [-0.15, -0.1) is 6.58 Å². The second-order valence-corrected chi connectivity index (χ2v) is 12.1. The van der Waals surface area contributed by atoms with Gasteiger partial charge < -0.3 is 35.8 Å². The molecule has 10 nitrogen and oxygen atoms in total. The van der Waals surface area contributed by atoms with Crippen LogP contribution in [0.3, 0.4) is 0 Å². The Balaban J connectivity index is 1.32. The van der Waals surface area contributed by atoms with Crippen LogP contribution in [0.2, 0.25) is 0 Å². The van der Waals surface area contributed by atoms with Gasteiger partial charge in [-0.1, -0.05) is 97.1 Å². The van der Waals surface area contributed by atoms with Crippen molar-refractivity contribution in [2.75, 3.05) is 19.6 Å². The molecule has 5 N–H and O–H groups in total. The van der Waals surface area contributed by atoms with E-state index >= 15 is 0 Å². The second kappa shape index (κ2) is 15.4. The number of rotatable bonds is 12. The van der Waals surface area contributed by atoms with E-state index < -0.39 is 18.2 Å². The number of carbonyl (C=O) groups excluding carboxylic acids is 3. The first-order valence-corrected chi connectivity index (χ1v) is 16.3. The molecule has 1 aliphatic heterocycles. The summed E-state index contributed by atoms with van der Waals surface area (Å²) in [4.78, 5) is 48.3. The third-order valence-electron chi connectivity index (χ3n) is 8.72. The molecule has 1 fully saturated rings. The van der Waals surface area contributed by atoms with Crippen molar-refractivity contribution in [3.05, 3.63) is 139 Å². The van der Waals surface area contributed by atoms with Crippen LogP contribution >= 0.6 is 0 Å². The summed E-state index contributed by atoms with van der Waals surface area (Å²) in [5.41, 5.74) is 5.67. The molecule has 0 spiro atoms. The number of nitrogens with one attached hydrogen (secondary N) is 4. The van der Waals surface area contributed by atoms with Gasteiger partial charge in [0.25, 0.3) is 0 Å².